The van der Waals surface area contributed by atoms with Crippen molar-refractivity contribution in [2.75, 3.05) is 13.7 Å². The summed E-state index contributed by atoms with van der Waals surface area (Å²) < 4.78 is 84.1. The van der Waals surface area contributed by atoms with Crippen LogP contribution in [0, 0.1) is 0 Å². The van der Waals surface area contributed by atoms with Crippen molar-refractivity contribution in [1.82, 2.24) is 15.1 Å². The molecule has 1 unspecified atom stereocenters. The number of rotatable bonds is 5. The zero-order valence-electron chi connectivity index (χ0n) is 14.1. The third-order valence-electron chi connectivity index (χ3n) is 3.49. The molecule has 0 saturated heterocycles. The molecule has 0 aliphatic heterocycles. The van der Waals surface area contributed by atoms with E-state index in [1.807, 2.05) is 0 Å². The summed E-state index contributed by atoms with van der Waals surface area (Å²) in [6.07, 6.45) is -9.10. The summed E-state index contributed by atoms with van der Waals surface area (Å²) in [5.41, 5.74) is -3.88. The molecule has 1 aromatic heterocycles. The molecular formula is C16H15F6N3O2. The molecule has 148 valence electrons. The van der Waals surface area contributed by atoms with Crippen molar-refractivity contribution >= 4 is 5.91 Å². The number of methoxy groups -OCH3 is 1. The number of benzene rings is 1. The summed E-state index contributed by atoms with van der Waals surface area (Å²) in [7, 11) is 1.36. The van der Waals surface area contributed by atoms with E-state index in [-0.39, 0.29) is 11.3 Å². The SMILES string of the molecule is COCC(C)NC(=O)c1cnn(-c2cccc(C(F)(F)F)c2)c1C(F)(F)F. The zero-order chi connectivity index (χ0) is 20.4. The van der Waals surface area contributed by atoms with E-state index in [0.29, 0.717) is 12.3 Å². The minimum Gasteiger partial charge on any atom is -0.383 e. The van der Waals surface area contributed by atoms with Gasteiger partial charge in [-0.15, -0.1) is 0 Å². The maximum atomic E-state index is 13.5. The first-order valence-electron chi connectivity index (χ1n) is 7.57. The Labute approximate surface area is 149 Å². The molecule has 0 fully saturated rings. The van der Waals surface area contributed by atoms with Gasteiger partial charge in [-0.2, -0.15) is 31.4 Å². The first-order valence-corrected chi connectivity index (χ1v) is 7.57. The highest BCUT2D eigenvalue weighted by atomic mass is 19.4. The maximum absolute atomic E-state index is 13.5. The highest BCUT2D eigenvalue weighted by molar-refractivity contribution is 5.95. The van der Waals surface area contributed by atoms with Gasteiger partial charge in [-0.1, -0.05) is 6.07 Å². The first-order chi connectivity index (χ1) is 12.4. The molecule has 1 atom stereocenters. The van der Waals surface area contributed by atoms with Crippen LogP contribution in [0.25, 0.3) is 5.69 Å². The van der Waals surface area contributed by atoms with Crippen LogP contribution in [0.15, 0.2) is 30.5 Å². The van der Waals surface area contributed by atoms with Gasteiger partial charge in [0.05, 0.1) is 29.6 Å². The molecule has 0 aliphatic rings. The Kier molecular flexibility index (Phi) is 5.83. The molecule has 0 aliphatic carbocycles. The van der Waals surface area contributed by atoms with Crippen LogP contribution in [-0.2, 0) is 17.1 Å². The molecule has 1 aromatic carbocycles. The summed E-state index contributed by atoms with van der Waals surface area (Å²) >= 11 is 0. The number of ether oxygens (including phenoxy) is 1. The van der Waals surface area contributed by atoms with Gasteiger partial charge in [0, 0.05) is 13.2 Å². The summed E-state index contributed by atoms with van der Waals surface area (Å²) in [5.74, 6) is -1.06. The third-order valence-corrected chi connectivity index (χ3v) is 3.49. The predicted molar refractivity (Wildman–Crippen MR) is 82.4 cm³/mol. The molecule has 27 heavy (non-hydrogen) atoms. The van der Waals surface area contributed by atoms with Crippen LogP contribution in [0.1, 0.15) is 28.5 Å². The Bertz CT molecular complexity index is 813. The van der Waals surface area contributed by atoms with E-state index in [2.05, 4.69) is 10.4 Å². The Balaban J connectivity index is 2.51. The van der Waals surface area contributed by atoms with E-state index in [4.69, 9.17) is 4.74 Å². The highest BCUT2D eigenvalue weighted by Gasteiger charge is 2.41. The molecule has 5 nitrogen and oxygen atoms in total. The van der Waals surface area contributed by atoms with Gasteiger partial charge in [0.25, 0.3) is 5.91 Å². The molecule has 1 heterocycles. The van der Waals surface area contributed by atoms with E-state index in [1.54, 1.807) is 0 Å². The highest BCUT2D eigenvalue weighted by Crippen LogP contribution is 2.35. The second-order valence-electron chi connectivity index (χ2n) is 5.69. The lowest BCUT2D eigenvalue weighted by molar-refractivity contribution is -0.143. The van der Waals surface area contributed by atoms with Crippen molar-refractivity contribution in [3.63, 3.8) is 0 Å². The monoisotopic (exact) mass is 395 g/mol. The van der Waals surface area contributed by atoms with Crippen LogP contribution in [0.5, 0.6) is 0 Å². The molecular weight excluding hydrogens is 380 g/mol. The standard InChI is InChI=1S/C16H15F6N3O2/c1-9(8-27-2)24-14(26)12-7-23-25(13(12)16(20,21)22)11-5-3-4-10(6-11)15(17,18)19/h3-7,9H,8H2,1-2H3,(H,24,26). The number of carbonyl (C=O) groups is 1. The third kappa shape index (κ3) is 4.79. The Morgan fingerprint density at radius 3 is 2.44 bits per heavy atom. The second-order valence-corrected chi connectivity index (χ2v) is 5.69. The number of nitrogens with one attached hydrogen (secondary N) is 1. The summed E-state index contributed by atoms with van der Waals surface area (Å²) in [5, 5.41) is 5.80. The average Bonchev–Trinajstić information content (AvgIpc) is 2.99. The lowest BCUT2D eigenvalue weighted by atomic mass is 10.1. The lowest BCUT2D eigenvalue weighted by Gasteiger charge is -2.16. The summed E-state index contributed by atoms with van der Waals surface area (Å²) in [4.78, 5) is 12.2. The number of halogens is 6. The number of nitrogens with zero attached hydrogens (tertiary/aromatic N) is 2. The average molecular weight is 395 g/mol. The zero-order valence-corrected chi connectivity index (χ0v) is 14.1. The smallest absolute Gasteiger partial charge is 0.383 e. The van der Waals surface area contributed by atoms with Gasteiger partial charge in [-0.05, 0) is 25.1 Å². The number of hydrogen-bond donors (Lipinski definition) is 1. The van der Waals surface area contributed by atoms with E-state index in [9.17, 15) is 31.1 Å². The van der Waals surface area contributed by atoms with Gasteiger partial charge in [-0.3, -0.25) is 4.79 Å². The molecule has 0 saturated carbocycles. The van der Waals surface area contributed by atoms with Crippen molar-refractivity contribution in [3.05, 3.63) is 47.3 Å². The molecule has 11 heteroatoms. The number of alkyl halides is 6. The van der Waals surface area contributed by atoms with Crippen LogP contribution in [0.3, 0.4) is 0 Å². The largest absolute Gasteiger partial charge is 0.434 e. The first kappa shape index (κ1) is 20.7. The lowest BCUT2D eigenvalue weighted by Crippen LogP contribution is -2.36. The van der Waals surface area contributed by atoms with Gasteiger partial charge in [-0.25, -0.2) is 4.68 Å². The van der Waals surface area contributed by atoms with Gasteiger partial charge in [0.1, 0.15) is 0 Å². The quantitative estimate of drug-likeness (QED) is 0.786. The van der Waals surface area contributed by atoms with Crippen molar-refractivity contribution in [2.45, 2.75) is 25.3 Å². The van der Waals surface area contributed by atoms with E-state index < -0.39 is 46.8 Å². The fourth-order valence-electron chi connectivity index (χ4n) is 2.39. The topological polar surface area (TPSA) is 56.1 Å². The van der Waals surface area contributed by atoms with E-state index >= 15 is 0 Å². The molecule has 1 amide bonds. The molecule has 2 rings (SSSR count). The molecule has 2 aromatic rings. The normalized spacial score (nSPS) is 13.5. The summed E-state index contributed by atoms with van der Waals surface area (Å²) in [6.45, 7) is 1.58. The number of amides is 1. The van der Waals surface area contributed by atoms with Gasteiger partial charge in [0.2, 0.25) is 0 Å². The minimum atomic E-state index is -5.03. The Morgan fingerprint density at radius 1 is 1.22 bits per heavy atom. The van der Waals surface area contributed by atoms with Crippen molar-refractivity contribution in [3.8, 4) is 5.69 Å². The Hall–Kier alpha value is -2.56. The fourth-order valence-corrected chi connectivity index (χ4v) is 2.39. The van der Waals surface area contributed by atoms with Gasteiger partial charge in [0.15, 0.2) is 5.69 Å². The van der Waals surface area contributed by atoms with Crippen LogP contribution < -0.4 is 5.32 Å². The number of aromatic nitrogens is 2. The Morgan fingerprint density at radius 2 is 1.89 bits per heavy atom. The van der Waals surface area contributed by atoms with E-state index in [0.717, 1.165) is 18.2 Å². The maximum Gasteiger partial charge on any atom is 0.434 e. The van der Waals surface area contributed by atoms with Crippen molar-refractivity contribution < 1.29 is 35.9 Å². The van der Waals surface area contributed by atoms with Crippen LogP contribution in [0.2, 0.25) is 0 Å². The van der Waals surface area contributed by atoms with Gasteiger partial charge >= 0.3 is 12.4 Å². The molecule has 0 bridgehead atoms. The predicted octanol–water partition coefficient (Wildman–Crippen LogP) is 3.67. The second kappa shape index (κ2) is 7.59. The van der Waals surface area contributed by atoms with Crippen LogP contribution in [-0.4, -0.2) is 35.4 Å². The van der Waals surface area contributed by atoms with Crippen LogP contribution >= 0.6 is 0 Å². The summed E-state index contributed by atoms with van der Waals surface area (Å²) in [6, 6.07) is 2.66. The molecule has 0 spiro atoms. The van der Waals surface area contributed by atoms with Crippen molar-refractivity contribution in [1.29, 1.82) is 0 Å². The van der Waals surface area contributed by atoms with Crippen molar-refractivity contribution in [2.24, 2.45) is 0 Å². The van der Waals surface area contributed by atoms with Gasteiger partial charge < -0.3 is 10.1 Å². The molecule has 0 radical (unpaired) electrons. The number of carbonyl (C=O) groups excluding carboxylic acids is 1. The molecule has 1 N–H and O–H groups in total. The minimum absolute atomic E-state index is 0.0643. The van der Waals surface area contributed by atoms with Crippen LogP contribution in [0.4, 0.5) is 26.3 Å². The fraction of sp³-hybridized carbons (Fsp3) is 0.375. The number of hydrogen-bond acceptors (Lipinski definition) is 3. The van der Waals surface area contributed by atoms with E-state index in [1.165, 1.54) is 14.0 Å².